The van der Waals surface area contributed by atoms with Gasteiger partial charge in [-0.1, -0.05) is 29.8 Å². The molecule has 2 aromatic carbocycles. The second-order valence-corrected chi connectivity index (χ2v) is 9.16. The molecule has 3 rings (SSSR count). The first kappa shape index (κ1) is 17.5. The van der Waals surface area contributed by atoms with Crippen molar-refractivity contribution < 1.29 is 13.2 Å². The van der Waals surface area contributed by atoms with E-state index < -0.39 is 15.6 Å². The molecule has 0 atom stereocenters. The van der Waals surface area contributed by atoms with Crippen LogP contribution >= 0.6 is 0 Å². The first-order valence-corrected chi connectivity index (χ1v) is 9.57. The number of benzene rings is 2. The summed E-state index contributed by atoms with van der Waals surface area (Å²) in [5, 5.41) is 2.83. The minimum Gasteiger partial charge on any atom is -0.350 e. The topological polar surface area (TPSA) is 66.5 Å². The average molecular weight is 358 g/mol. The van der Waals surface area contributed by atoms with Crippen LogP contribution in [0, 0.1) is 6.92 Å². The van der Waals surface area contributed by atoms with E-state index in [1.54, 1.807) is 24.3 Å². The number of carbonyl (C=O) groups is 1. The van der Waals surface area contributed by atoms with E-state index in [1.807, 2.05) is 45.9 Å². The largest absolute Gasteiger partial charge is 0.350 e. The van der Waals surface area contributed by atoms with Gasteiger partial charge in [-0.25, -0.2) is 8.42 Å². The summed E-state index contributed by atoms with van der Waals surface area (Å²) in [6, 6.07) is 12.5. The molecule has 2 aromatic rings. The number of amides is 1. The fourth-order valence-electron chi connectivity index (χ4n) is 3.00. The van der Waals surface area contributed by atoms with Crippen LogP contribution in [0.4, 0.5) is 5.69 Å². The zero-order valence-corrected chi connectivity index (χ0v) is 15.6. The van der Waals surface area contributed by atoms with Crippen molar-refractivity contribution in [3.05, 3.63) is 48.0 Å². The molecule has 0 unspecified atom stereocenters. The van der Waals surface area contributed by atoms with Crippen LogP contribution in [0.5, 0.6) is 0 Å². The summed E-state index contributed by atoms with van der Waals surface area (Å²) >= 11 is 0. The Labute approximate surface area is 148 Å². The van der Waals surface area contributed by atoms with Gasteiger partial charge in [-0.3, -0.25) is 9.10 Å². The number of hydrogen-bond donors (Lipinski definition) is 1. The molecule has 5 nitrogen and oxygen atoms in total. The molecule has 0 fully saturated rings. The van der Waals surface area contributed by atoms with Crippen LogP contribution in [-0.4, -0.2) is 26.4 Å². The second kappa shape index (κ2) is 5.88. The lowest BCUT2D eigenvalue weighted by atomic mass is 10.0. The van der Waals surface area contributed by atoms with E-state index >= 15 is 0 Å². The highest BCUT2D eigenvalue weighted by Gasteiger charge is 2.36. The summed E-state index contributed by atoms with van der Waals surface area (Å²) < 4.78 is 27.4. The Morgan fingerprint density at radius 1 is 1.08 bits per heavy atom. The van der Waals surface area contributed by atoms with Gasteiger partial charge in [-0.2, -0.15) is 0 Å². The second-order valence-electron chi connectivity index (χ2n) is 7.33. The van der Waals surface area contributed by atoms with Crippen LogP contribution in [-0.2, 0) is 14.8 Å². The van der Waals surface area contributed by atoms with Gasteiger partial charge in [-0.15, -0.1) is 0 Å². The third-order valence-electron chi connectivity index (χ3n) is 3.97. The molecule has 1 N–H and O–H groups in total. The monoisotopic (exact) mass is 358 g/mol. The molecule has 0 radical (unpaired) electrons. The van der Waals surface area contributed by atoms with Gasteiger partial charge < -0.3 is 5.32 Å². The summed E-state index contributed by atoms with van der Waals surface area (Å²) in [6.45, 7) is 7.30. The molecule has 0 saturated heterocycles. The van der Waals surface area contributed by atoms with Gasteiger partial charge in [0.15, 0.2) is 0 Å². The number of sulfonamides is 1. The molecule has 0 aliphatic carbocycles. The van der Waals surface area contributed by atoms with Crippen molar-refractivity contribution in [2.45, 2.75) is 38.1 Å². The van der Waals surface area contributed by atoms with Crippen LogP contribution in [0.1, 0.15) is 26.3 Å². The number of hydrogen-bond acceptors (Lipinski definition) is 3. The van der Waals surface area contributed by atoms with Gasteiger partial charge >= 0.3 is 0 Å². The molecule has 0 spiro atoms. The van der Waals surface area contributed by atoms with E-state index in [1.165, 1.54) is 4.31 Å². The standard InChI is InChI=1S/C19H22N2O3S/c1-13-9-10-16-15(11-13)14-7-5-6-8-17(14)25(23,24)21(16)12-18(22)20-19(2,3)4/h5-11H,12H2,1-4H3,(H,20,22). The lowest BCUT2D eigenvalue weighted by molar-refractivity contribution is -0.121. The zero-order valence-electron chi connectivity index (χ0n) is 14.8. The van der Waals surface area contributed by atoms with E-state index in [9.17, 15) is 13.2 Å². The van der Waals surface area contributed by atoms with Gasteiger partial charge in [0.2, 0.25) is 5.91 Å². The Morgan fingerprint density at radius 2 is 1.76 bits per heavy atom. The number of rotatable bonds is 2. The normalized spacial score (nSPS) is 15.3. The van der Waals surface area contributed by atoms with Crippen molar-refractivity contribution in [1.29, 1.82) is 0 Å². The Morgan fingerprint density at radius 3 is 2.44 bits per heavy atom. The van der Waals surface area contributed by atoms with E-state index in [0.717, 1.165) is 11.1 Å². The van der Waals surface area contributed by atoms with Crippen LogP contribution in [0.15, 0.2) is 47.4 Å². The molecule has 1 heterocycles. The maximum absolute atomic E-state index is 13.1. The molecule has 6 heteroatoms. The fourth-order valence-corrected chi connectivity index (χ4v) is 4.65. The molecule has 0 saturated carbocycles. The molecule has 1 amide bonds. The number of fused-ring (bicyclic) bond motifs is 3. The molecule has 25 heavy (non-hydrogen) atoms. The molecule has 0 aromatic heterocycles. The summed E-state index contributed by atoms with van der Waals surface area (Å²) in [7, 11) is -3.79. The number of anilines is 1. The highest BCUT2D eigenvalue weighted by atomic mass is 32.2. The summed E-state index contributed by atoms with van der Waals surface area (Å²) in [6.07, 6.45) is 0. The zero-order chi connectivity index (χ0) is 18.4. The lowest BCUT2D eigenvalue weighted by Crippen LogP contribution is -2.48. The minimum atomic E-state index is -3.79. The lowest BCUT2D eigenvalue weighted by Gasteiger charge is -2.32. The van der Waals surface area contributed by atoms with E-state index in [2.05, 4.69) is 5.32 Å². The van der Waals surface area contributed by atoms with Gasteiger partial charge in [-0.05, 0) is 45.9 Å². The van der Waals surface area contributed by atoms with Crippen molar-refractivity contribution in [2.75, 3.05) is 10.8 Å². The SMILES string of the molecule is Cc1ccc2c(c1)-c1ccccc1S(=O)(=O)N2CC(=O)NC(C)(C)C. The van der Waals surface area contributed by atoms with Gasteiger partial charge in [0.1, 0.15) is 6.54 Å². The number of aryl methyl sites for hydroxylation is 1. The number of nitrogens with zero attached hydrogens (tertiary/aromatic N) is 1. The third-order valence-corrected chi connectivity index (χ3v) is 5.79. The molecular formula is C19H22N2O3S. The highest BCUT2D eigenvalue weighted by molar-refractivity contribution is 7.93. The van der Waals surface area contributed by atoms with Crippen LogP contribution in [0.2, 0.25) is 0 Å². The summed E-state index contributed by atoms with van der Waals surface area (Å²) in [4.78, 5) is 12.6. The Hall–Kier alpha value is -2.34. The Balaban J connectivity index is 2.12. The van der Waals surface area contributed by atoms with Gasteiger partial charge in [0.25, 0.3) is 10.0 Å². The fraction of sp³-hybridized carbons (Fsp3) is 0.316. The number of nitrogens with one attached hydrogen (secondary N) is 1. The van der Waals surface area contributed by atoms with Crippen molar-refractivity contribution in [3.63, 3.8) is 0 Å². The average Bonchev–Trinajstić information content (AvgIpc) is 2.50. The molecule has 0 bridgehead atoms. The quantitative estimate of drug-likeness (QED) is 0.897. The van der Waals surface area contributed by atoms with Crippen molar-refractivity contribution in [1.82, 2.24) is 5.32 Å². The van der Waals surface area contributed by atoms with Gasteiger partial charge in [0, 0.05) is 16.7 Å². The van der Waals surface area contributed by atoms with E-state index in [-0.39, 0.29) is 17.3 Å². The predicted octanol–water partition coefficient (Wildman–Crippen LogP) is 3.09. The smallest absolute Gasteiger partial charge is 0.265 e. The highest BCUT2D eigenvalue weighted by Crippen LogP contribution is 2.43. The first-order chi connectivity index (χ1) is 11.6. The Kier molecular flexibility index (Phi) is 4.11. The molecule has 1 aliphatic rings. The van der Waals surface area contributed by atoms with E-state index in [0.29, 0.717) is 11.3 Å². The third kappa shape index (κ3) is 3.26. The predicted molar refractivity (Wildman–Crippen MR) is 99.0 cm³/mol. The Bertz CT molecular complexity index is 943. The van der Waals surface area contributed by atoms with Crippen LogP contribution in [0.3, 0.4) is 0 Å². The van der Waals surface area contributed by atoms with Crippen molar-refractivity contribution >= 4 is 21.6 Å². The van der Waals surface area contributed by atoms with E-state index in [4.69, 9.17) is 0 Å². The van der Waals surface area contributed by atoms with Crippen LogP contribution < -0.4 is 9.62 Å². The minimum absolute atomic E-state index is 0.233. The maximum Gasteiger partial charge on any atom is 0.265 e. The summed E-state index contributed by atoms with van der Waals surface area (Å²) in [5.41, 5.74) is 2.65. The number of carbonyl (C=O) groups excluding carboxylic acids is 1. The maximum atomic E-state index is 13.1. The molecular weight excluding hydrogens is 336 g/mol. The molecule has 132 valence electrons. The van der Waals surface area contributed by atoms with Crippen molar-refractivity contribution in [3.8, 4) is 11.1 Å². The van der Waals surface area contributed by atoms with Crippen molar-refractivity contribution in [2.24, 2.45) is 0 Å². The van der Waals surface area contributed by atoms with Gasteiger partial charge in [0.05, 0.1) is 10.6 Å². The molecule has 1 aliphatic heterocycles. The van der Waals surface area contributed by atoms with Crippen LogP contribution in [0.25, 0.3) is 11.1 Å². The summed E-state index contributed by atoms with van der Waals surface area (Å²) in [5.74, 6) is -0.331. The first-order valence-electron chi connectivity index (χ1n) is 8.13.